The number of pyridine rings is 1. The third-order valence-electron chi connectivity index (χ3n) is 8.96. The number of fused-ring (bicyclic) bond motifs is 4. The Bertz CT molecular complexity index is 1800. The molecule has 3 fully saturated rings. The van der Waals surface area contributed by atoms with Crippen LogP contribution in [0.5, 0.6) is 5.75 Å². The van der Waals surface area contributed by atoms with Crippen LogP contribution in [0.25, 0.3) is 39.0 Å². The first-order valence-corrected chi connectivity index (χ1v) is 14.5. The zero-order valence-electron chi connectivity index (χ0n) is 23.7. The van der Waals surface area contributed by atoms with E-state index < -0.39 is 11.6 Å². The maximum absolute atomic E-state index is 16.7. The van der Waals surface area contributed by atoms with E-state index in [1.165, 1.54) is 29.8 Å². The molecule has 214 valence electrons. The van der Waals surface area contributed by atoms with E-state index in [9.17, 15) is 9.50 Å². The van der Waals surface area contributed by atoms with Crippen LogP contribution in [0.2, 0.25) is 0 Å². The highest BCUT2D eigenvalue weighted by atomic mass is 19.1. The second kappa shape index (κ2) is 10.3. The number of anilines is 1. The highest BCUT2D eigenvalue weighted by Crippen LogP contribution is 2.39. The molecular weight excluding hydrogens is 534 g/mol. The predicted octanol–water partition coefficient (Wildman–Crippen LogP) is 5.25. The topological polar surface area (TPSA) is 77.4 Å². The number of phenols is 1. The van der Waals surface area contributed by atoms with E-state index in [-0.39, 0.29) is 34.1 Å². The average molecular weight is 567 g/mol. The Hall–Kier alpha value is -4.13. The minimum Gasteiger partial charge on any atom is -0.508 e. The smallest absolute Gasteiger partial charge is 0.175 e. The quantitative estimate of drug-likeness (QED) is 0.327. The third-order valence-corrected chi connectivity index (χ3v) is 8.96. The zero-order valence-corrected chi connectivity index (χ0v) is 23.7. The lowest BCUT2D eigenvalue weighted by molar-refractivity contribution is 0.336. The molecule has 2 aromatic heterocycles. The Kier molecular flexibility index (Phi) is 6.56. The van der Waals surface area contributed by atoms with Crippen LogP contribution in [0.4, 0.5) is 14.6 Å². The summed E-state index contributed by atoms with van der Waals surface area (Å²) in [6, 6.07) is 6.61. The molecule has 0 spiro atoms. The number of halogens is 2. The number of likely N-dealkylation sites (N-methyl/N-ethyl adjacent to an activating group) is 1. The van der Waals surface area contributed by atoms with Crippen molar-refractivity contribution in [1.29, 1.82) is 0 Å². The van der Waals surface area contributed by atoms with Crippen LogP contribution in [0.15, 0.2) is 36.0 Å². The number of nitrogens with zero attached hydrogens (tertiary/aromatic N) is 5. The minimum absolute atomic E-state index is 0.00940. The molecule has 1 aliphatic carbocycles. The number of terminal acetylenes is 1. The van der Waals surface area contributed by atoms with E-state index in [1.54, 1.807) is 6.20 Å². The Morgan fingerprint density at radius 1 is 1.12 bits per heavy atom. The van der Waals surface area contributed by atoms with Crippen LogP contribution in [0.3, 0.4) is 0 Å². The van der Waals surface area contributed by atoms with Gasteiger partial charge in [-0.1, -0.05) is 12.0 Å². The number of rotatable bonds is 4. The van der Waals surface area contributed by atoms with Gasteiger partial charge in [0.25, 0.3) is 0 Å². The minimum atomic E-state index is -0.663. The Labute approximate surface area is 243 Å². The first-order valence-electron chi connectivity index (χ1n) is 14.5. The monoisotopic (exact) mass is 566 g/mol. The second-order valence-electron chi connectivity index (χ2n) is 11.9. The maximum Gasteiger partial charge on any atom is 0.175 e. The molecule has 1 saturated carbocycles. The number of hydrogen-bond acceptors (Lipinski definition) is 7. The summed E-state index contributed by atoms with van der Waals surface area (Å²) in [4.78, 5) is 18.7. The van der Waals surface area contributed by atoms with Crippen LogP contribution >= 0.6 is 0 Å². The van der Waals surface area contributed by atoms with Crippen molar-refractivity contribution in [3.63, 3.8) is 0 Å². The van der Waals surface area contributed by atoms with Crippen molar-refractivity contribution in [2.24, 2.45) is 0 Å². The first-order chi connectivity index (χ1) is 20.3. The molecule has 2 saturated heterocycles. The highest BCUT2D eigenvalue weighted by molar-refractivity contribution is 6.03. The van der Waals surface area contributed by atoms with Gasteiger partial charge in [0.05, 0.1) is 10.9 Å². The van der Waals surface area contributed by atoms with Crippen LogP contribution in [-0.2, 0) is 0 Å². The summed E-state index contributed by atoms with van der Waals surface area (Å²) >= 11 is 0. The zero-order chi connectivity index (χ0) is 29.1. The largest absolute Gasteiger partial charge is 0.508 e. The summed E-state index contributed by atoms with van der Waals surface area (Å²) in [7, 11) is 4.13. The van der Waals surface area contributed by atoms with Crippen LogP contribution in [-0.4, -0.2) is 70.3 Å². The number of benzene rings is 2. The summed E-state index contributed by atoms with van der Waals surface area (Å²) in [6.45, 7) is 1.54. The molecule has 2 aromatic carbocycles. The van der Waals surface area contributed by atoms with Gasteiger partial charge in [-0.2, -0.15) is 0 Å². The lowest BCUT2D eigenvalue weighted by atomic mass is 9.95. The highest BCUT2D eigenvalue weighted by Gasteiger charge is 2.34. The second-order valence-corrected chi connectivity index (χ2v) is 11.9. The van der Waals surface area contributed by atoms with E-state index in [4.69, 9.17) is 16.4 Å². The molecule has 9 heteroatoms. The molecule has 42 heavy (non-hydrogen) atoms. The van der Waals surface area contributed by atoms with Gasteiger partial charge in [-0.25, -0.2) is 18.7 Å². The molecule has 4 heterocycles. The SMILES string of the molecule is C#Cc1c(F)ccc2cc(O)cc(-c3ncc4c(N5C[C@H]6CC[C@@H](C5)N6)nc(/C=C5\CCCC5N(C)C)nc4c3F)c12. The van der Waals surface area contributed by atoms with E-state index in [0.717, 1.165) is 45.2 Å². The number of aromatic hydroxyl groups is 1. The number of nitrogens with one attached hydrogen (secondary N) is 1. The van der Waals surface area contributed by atoms with E-state index in [0.29, 0.717) is 39.9 Å². The van der Waals surface area contributed by atoms with Crippen LogP contribution in [0.1, 0.15) is 43.5 Å². The van der Waals surface area contributed by atoms with Crippen molar-refractivity contribution in [3.05, 3.63) is 59.1 Å². The van der Waals surface area contributed by atoms with Gasteiger partial charge < -0.3 is 20.2 Å². The van der Waals surface area contributed by atoms with Gasteiger partial charge in [0.1, 0.15) is 28.6 Å². The summed E-state index contributed by atoms with van der Waals surface area (Å²) in [5.41, 5.74) is 1.51. The lowest BCUT2D eigenvalue weighted by Crippen LogP contribution is -2.51. The molecular formula is C33H32F2N6O. The van der Waals surface area contributed by atoms with Gasteiger partial charge in [0.15, 0.2) is 11.6 Å². The molecule has 7 rings (SSSR count). The molecule has 2 N–H and O–H groups in total. The number of phenolic OH excluding ortho intramolecular Hbond substituents is 1. The fraction of sp³-hybridized carbons (Fsp3) is 0.364. The summed E-state index contributed by atoms with van der Waals surface area (Å²) in [5.74, 6) is 2.15. The van der Waals surface area contributed by atoms with Crippen LogP contribution < -0.4 is 10.2 Å². The molecule has 3 atom stereocenters. The van der Waals surface area contributed by atoms with Crippen molar-refractivity contribution in [2.45, 2.75) is 50.2 Å². The predicted molar refractivity (Wildman–Crippen MR) is 161 cm³/mol. The molecule has 4 aromatic rings. The lowest BCUT2D eigenvalue weighted by Gasteiger charge is -2.34. The fourth-order valence-electron chi connectivity index (χ4n) is 7.05. The first kappa shape index (κ1) is 26.7. The number of hydrogen-bond donors (Lipinski definition) is 2. The van der Waals surface area contributed by atoms with Gasteiger partial charge in [-0.3, -0.25) is 4.98 Å². The normalized spacial score (nSPS) is 23.0. The average Bonchev–Trinajstić information content (AvgIpc) is 3.58. The molecule has 3 aliphatic rings. The summed E-state index contributed by atoms with van der Waals surface area (Å²) in [6.07, 6.45) is 14.6. The molecule has 2 bridgehead atoms. The van der Waals surface area contributed by atoms with Gasteiger partial charge in [0, 0.05) is 48.4 Å². The summed E-state index contributed by atoms with van der Waals surface area (Å²) in [5, 5.41) is 15.5. The maximum atomic E-state index is 16.7. The standard InChI is InChI=1S/C33H32F2N6O/c1-4-23-26(34)11-8-19-12-22(42)14-24(29(19)23)31-30(35)32-25(15-36-31)33(41-16-20-9-10-21(17-41)37-20)39-28(38-32)13-18-6-5-7-27(18)40(2)3/h1,8,11-15,20-21,27,37,42H,5-7,9-10,16-17H2,2-3H3/b18-13+/t20-,21+,27?. The van der Waals surface area contributed by atoms with Gasteiger partial charge >= 0.3 is 0 Å². The van der Waals surface area contributed by atoms with Crippen molar-refractivity contribution in [1.82, 2.24) is 25.2 Å². The Morgan fingerprint density at radius 2 is 1.90 bits per heavy atom. The van der Waals surface area contributed by atoms with Crippen LogP contribution in [0, 0.1) is 24.0 Å². The van der Waals surface area contributed by atoms with Gasteiger partial charge in [-0.15, -0.1) is 6.42 Å². The third kappa shape index (κ3) is 4.46. The van der Waals surface area contributed by atoms with E-state index in [1.807, 2.05) is 6.08 Å². The van der Waals surface area contributed by atoms with Gasteiger partial charge in [0.2, 0.25) is 0 Å². The van der Waals surface area contributed by atoms with Crippen molar-refractivity contribution >= 4 is 33.6 Å². The van der Waals surface area contributed by atoms with Gasteiger partial charge in [-0.05, 0) is 81.4 Å². The molecule has 1 unspecified atom stereocenters. The van der Waals surface area contributed by atoms with Crippen molar-refractivity contribution < 1.29 is 13.9 Å². The summed E-state index contributed by atoms with van der Waals surface area (Å²) < 4.78 is 31.5. The Morgan fingerprint density at radius 3 is 2.64 bits per heavy atom. The Balaban J connectivity index is 1.46. The molecule has 0 radical (unpaired) electrons. The number of piperazine rings is 1. The van der Waals surface area contributed by atoms with Crippen molar-refractivity contribution in [2.75, 3.05) is 32.1 Å². The fourth-order valence-corrected chi connectivity index (χ4v) is 7.05. The van der Waals surface area contributed by atoms with E-state index >= 15 is 4.39 Å². The molecule has 0 amide bonds. The number of aromatic nitrogens is 3. The molecule has 7 nitrogen and oxygen atoms in total. The van der Waals surface area contributed by atoms with Crippen molar-refractivity contribution in [3.8, 4) is 29.4 Å². The van der Waals surface area contributed by atoms with E-state index in [2.05, 4.69) is 40.1 Å². The molecule has 2 aliphatic heterocycles.